The first-order chi connectivity index (χ1) is 13.1. The van der Waals surface area contributed by atoms with Crippen molar-refractivity contribution in [2.75, 3.05) is 28.2 Å². The number of likely N-dealkylation sites (N-methyl/N-ethyl adjacent to an activating group) is 1. The van der Waals surface area contributed by atoms with Crippen LogP contribution in [0.4, 0.5) is 0 Å². The van der Waals surface area contributed by atoms with E-state index in [4.69, 9.17) is 0 Å². The largest absolute Gasteiger partial charge is 0.391 e. The van der Waals surface area contributed by atoms with Crippen molar-refractivity contribution in [2.45, 2.75) is 90.3 Å². The monoisotopic (exact) mass is 390 g/mol. The van der Waals surface area contributed by atoms with E-state index in [1.165, 1.54) is 51.4 Å². The van der Waals surface area contributed by atoms with Crippen molar-refractivity contribution in [3.63, 3.8) is 0 Å². The number of hydrogen-bond acceptors (Lipinski definition) is 3. The van der Waals surface area contributed by atoms with Crippen LogP contribution in [0.25, 0.3) is 0 Å². The van der Waals surface area contributed by atoms with Gasteiger partial charge in [-0.1, -0.05) is 13.8 Å². The fourth-order valence-electron chi connectivity index (χ4n) is 9.07. The van der Waals surface area contributed by atoms with E-state index in [0.717, 1.165) is 23.7 Å². The number of hydrogen-bond donors (Lipinski definition) is 1. The van der Waals surface area contributed by atoms with Gasteiger partial charge in [0.2, 0.25) is 0 Å². The maximum Gasteiger partial charge on any atom is 0.0728 e. The maximum atomic E-state index is 11.3. The lowest BCUT2D eigenvalue weighted by molar-refractivity contribution is -0.161. The standard InChI is InChI=1S/C25H46N2O/c1-16(26(4)5)18-10-11-19-17-8-9-21-23(28)22(27(6)7)13-15-25(21,3)20(17)12-14-24(18,19)2/h16-23,28H,8-15H2,1-7H3. The summed E-state index contributed by atoms with van der Waals surface area (Å²) in [5.41, 5.74) is 0.898. The number of aliphatic hydroxyl groups is 1. The fraction of sp³-hybridized carbons (Fsp3) is 1.00. The molecule has 162 valence electrons. The molecule has 0 heterocycles. The van der Waals surface area contributed by atoms with Gasteiger partial charge in [0.1, 0.15) is 0 Å². The molecule has 4 fully saturated rings. The van der Waals surface area contributed by atoms with Crippen LogP contribution >= 0.6 is 0 Å². The topological polar surface area (TPSA) is 26.7 Å². The van der Waals surface area contributed by atoms with Crippen molar-refractivity contribution < 1.29 is 5.11 Å². The number of fused-ring (bicyclic) bond motifs is 5. The summed E-state index contributed by atoms with van der Waals surface area (Å²) in [4.78, 5) is 4.74. The van der Waals surface area contributed by atoms with Gasteiger partial charge in [-0.05, 0) is 127 Å². The van der Waals surface area contributed by atoms with Crippen molar-refractivity contribution in [3.05, 3.63) is 0 Å². The van der Waals surface area contributed by atoms with E-state index in [-0.39, 0.29) is 6.10 Å². The van der Waals surface area contributed by atoms with Gasteiger partial charge in [-0.25, -0.2) is 0 Å². The Morgan fingerprint density at radius 3 is 2.04 bits per heavy atom. The van der Waals surface area contributed by atoms with Crippen LogP contribution in [0, 0.1) is 40.4 Å². The Morgan fingerprint density at radius 2 is 1.39 bits per heavy atom. The second-order valence-corrected chi connectivity index (χ2v) is 12.1. The van der Waals surface area contributed by atoms with Crippen LogP contribution in [0.5, 0.6) is 0 Å². The molecule has 0 saturated heterocycles. The van der Waals surface area contributed by atoms with E-state index in [2.05, 4.69) is 58.8 Å². The van der Waals surface area contributed by atoms with Crippen LogP contribution in [0.1, 0.15) is 72.1 Å². The molecule has 0 aromatic rings. The van der Waals surface area contributed by atoms with Gasteiger partial charge in [-0.2, -0.15) is 0 Å². The lowest BCUT2D eigenvalue weighted by atomic mass is 9.44. The molecular weight excluding hydrogens is 344 g/mol. The van der Waals surface area contributed by atoms with Gasteiger partial charge >= 0.3 is 0 Å². The molecule has 10 unspecified atom stereocenters. The van der Waals surface area contributed by atoms with Gasteiger partial charge in [0, 0.05) is 12.1 Å². The number of aliphatic hydroxyl groups excluding tert-OH is 1. The van der Waals surface area contributed by atoms with Crippen LogP contribution in [0.3, 0.4) is 0 Å². The normalized spacial score (nSPS) is 52.3. The van der Waals surface area contributed by atoms with Crippen molar-refractivity contribution in [1.29, 1.82) is 0 Å². The Bertz CT molecular complexity index is 577. The van der Waals surface area contributed by atoms with Gasteiger partial charge in [0.15, 0.2) is 0 Å². The molecule has 10 atom stereocenters. The Kier molecular flexibility index (Phi) is 5.46. The predicted octanol–water partition coefficient (Wildman–Crippen LogP) is 4.50. The molecule has 28 heavy (non-hydrogen) atoms. The van der Waals surface area contributed by atoms with Crippen molar-refractivity contribution in [2.24, 2.45) is 40.4 Å². The minimum Gasteiger partial charge on any atom is -0.391 e. The molecule has 0 aromatic heterocycles. The molecule has 0 amide bonds. The summed E-state index contributed by atoms with van der Waals surface area (Å²) in [6.07, 6.45) is 10.7. The Balaban J connectivity index is 1.57. The van der Waals surface area contributed by atoms with Gasteiger partial charge in [-0.3, -0.25) is 0 Å². The highest BCUT2D eigenvalue weighted by molar-refractivity contribution is 5.12. The second-order valence-electron chi connectivity index (χ2n) is 12.1. The summed E-state index contributed by atoms with van der Waals surface area (Å²) in [7, 11) is 8.84. The molecule has 3 nitrogen and oxygen atoms in total. The molecule has 0 radical (unpaired) electrons. The third-order valence-electron chi connectivity index (χ3n) is 10.9. The first kappa shape index (κ1) is 21.1. The highest BCUT2D eigenvalue weighted by atomic mass is 16.3. The summed E-state index contributed by atoms with van der Waals surface area (Å²) < 4.78 is 0. The molecule has 0 aromatic carbocycles. The summed E-state index contributed by atoms with van der Waals surface area (Å²) >= 11 is 0. The average molecular weight is 391 g/mol. The highest BCUT2D eigenvalue weighted by Gasteiger charge is 2.62. The molecule has 0 aliphatic heterocycles. The summed E-state index contributed by atoms with van der Waals surface area (Å²) in [5.74, 6) is 4.03. The number of rotatable bonds is 3. The molecule has 4 saturated carbocycles. The van der Waals surface area contributed by atoms with Gasteiger partial charge in [0.25, 0.3) is 0 Å². The van der Waals surface area contributed by atoms with E-state index >= 15 is 0 Å². The summed E-state index contributed by atoms with van der Waals surface area (Å²) in [5, 5.41) is 11.3. The molecule has 0 spiro atoms. The quantitative estimate of drug-likeness (QED) is 0.769. The zero-order valence-electron chi connectivity index (χ0n) is 19.6. The molecule has 4 rings (SSSR count). The third kappa shape index (κ3) is 2.94. The zero-order valence-corrected chi connectivity index (χ0v) is 19.6. The lowest BCUT2D eigenvalue weighted by Crippen LogP contribution is -2.60. The molecule has 3 heteroatoms. The van der Waals surface area contributed by atoms with Gasteiger partial charge in [-0.15, -0.1) is 0 Å². The molecule has 0 bridgehead atoms. The van der Waals surface area contributed by atoms with Crippen LogP contribution in [0.2, 0.25) is 0 Å². The Hall–Kier alpha value is -0.120. The minimum atomic E-state index is -0.131. The van der Waals surface area contributed by atoms with Gasteiger partial charge in [0.05, 0.1) is 6.10 Å². The summed E-state index contributed by atoms with van der Waals surface area (Å²) in [6, 6.07) is 1.05. The second kappa shape index (κ2) is 7.24. The van der Waals surface area contributed by atoms with E-state index in [0.29, 0.717) is 28.8 Å². The zero-order chi connectivity index (χ0) is 20.4. The Morgan fingerprint density at radius 1 is 0.786 bits per heavy atom. The van der Waals surface area contributed by atoms with E-state index < -0.39 is 0 Å². The SMILES string of the molecule is CC(C1CCC2C3CCC4C(O)C(N(C)C)CCC4(C)C3CCC21C)N(C)C. The van der Waals surface area contributed by atoms with Crippen LogP contribution in [-0.2, 0) is 0 Å². The third-order valence-corrected chi connectivity index (χ3v) is 10.9. The van der Waals surface area contributed by atoms with E-state index in [9.17, 15) is 5.11 Å². The average Bonchev–Trinajstić information content (AvgIpc) is 2.97. The van der Waals surface area contributed by atoms with E-state index in [1.54, 1.807) is 0 Å². The fourth-order valence-corrected chi connectivity index (χ4v) is 9.07. The first-order valence-electron chi connectivity index (χ1n) is 12.1. The molecule has 4 aliphatic carbocycles. The highest BCUT2D eigenvalue weighted by Crippen LogP contribution is 2.68. The minimum absolute atomic E-state index is 0.131. The van der Waals surface area contributed by atoms with Crippen molar-refractivity contribution in [3.8, 4) is 0 Å². The van der Waals surface area contributed by atoms with Crippen molar-refractivity contribution in [1.82, 2.24) is 9.80 Å². The molecule has 1 N–H and O–H groups in total. The Labute approximate surface area is 174 Å². The maximum absolute atomic E-state index is 11.3. The van der Waals surface area contributed by atoms with Crippen LogP contribution < -0.4 is 0 Å². The first-order valence-corrected chi connectivity index (χ1v) is 12.1. The summed E-state index contributed by atoms with van der Waals surface area (Å²) in [6.45, 7) is 7.68. The lowest BCUT2D eigenvalue weighted by Gasteiger charge is -2.62. The van der Waals surface area contributed by atoms with Crippen molar-refractivity contribution >= 4 is 0 Å². The smallest absolute Gasteiger partial charge is 0.0728 e. The number of nitrogens with zero attached hydrogens (tertiary/aromatic N) is 2. The van der Waals surface area contributed by atoms with Crippen LogP contribution in [0.15, 0.2) is 0 Å². The predicted molar refractivity (Wildman–Crippen MR) is 117 cm³/mol. The van der Waals surface area contributed by atoms with Crippen LogP contribution in [-0.4, -0.2) is 61.3 Å². The molecule has 4 aliphatic rings. The van der Waals surface area contributed by atoms with E-state index in [1.807, 2.05) is 0 Å². The van der Waals surface area contributed by atoms with Gasteiger partial charge < -0.3 is 14.9 Å². The molecular formula is C25H46N2O.